The van der Waals surface area contributed by atoms with Crippen molar-refractivity contribution in [1.82, 2.24) is 20.3 Å². The summed E-state index contributed by atoms with van der Waals surface area (Å²) in [6, 6.07) is 10.0. The Bertz CT molecular complexity index is 1200. The van der Waals surface area contributed by atoms with Crippen molar-refractivity contribution in [2.75, 3.05) is 17.2 Å². The number of hydrogen-bond acceptors (Lipinski definition) is 7. The van der Waals surface area contributed by atoms with Gasteiger partial charge >= 0.3 is 6.18 Å². The van der Waals surface area contributed by atoms with Gasteiger partial charge in [-0.3, -0.25) is 0 Å². The highest BCUT2D eigenvalue weighted by atomic mass is 19.4. The molecule has 0 amide bonds. The molecule has 0 saturated heterocycles. The first-order valence-electron chi connectivity index (χ1n) is 12.1. The van der Waals surface area contributed by atoms with Crippen LogP contribution in [-0.4, -0.2) is 44.8 Å². The van der Waals surface area contributed by atoms with Crippen molar-refractivity contribution in [3.05, 3.63) is 59.5 Å². The molecule has 0 aliphatic heterocycles. The number of nitrogens with one attached hydrogen (secondary N) is 3. The number of aliphatic hydroxyl groups is 1. The highest BCUT2D eigenvalue weighted by Gasteiger charge is 2.33. The number of benzene rings is 1. The molecule has 0 spiro atoms. The number of nitrogens with zero attached hydrogens (tertiary/aromatic N) is 3. The van der Waals surface area contributed by atoms with Crippen LogP contribution in [0.4, 0.5) is 30.5 Å². The second kappa shape index (κ2) is 10.8. The fraction of sp³-hybridized carbons (Fsp3) is 0.423. The molecule has 2 atom stereocenters. The molecule has 1 aliphatic rings. The van der Waals surface area contributed by atoms with E-state index in [1.54, 1.807) is 6.07 Å². The van der Waals surface area contributed by atoms with Gasteiger partial charge in [-0.2, -0.15) is 13.2 Å². The van der Waals surface area contributed by atoms with Gasteiger partial charge in [-0.05, 0) is 49.1 Å². The Hall–Kier alpha value is -3.24. The highest BCUT2D eigenvalue weighted by Crippen LogP contribution is 2.34. The summed E-state index contributed by atoms with van der Waals surface area (Å²) >= 11 is 0. The quantitative estimate of drug-likeness (QED) is 0.348. The zero-order valence-corrected chi connectivity index (χ0v) is 20.5. The number of pyridine rings is 1. The summed E-state index contributed by atoms with van der Waals surface area (Å²) in [7, 11) is 0. The van der Waals surface area contributed by atoms with Crippen LogP contribution in [0.5, 0.6) is 0 Å². The summed E-state index contributed by atoms with van der Waals surface area (Å²) in [4.78, 5) is 12.5. The van der Waals surface area contributed by atoms with E-state index in [4.69, 9.17) is 0 Å². The van der Waals surface area contributed by atoms with Crippen molar-refractivity contribution in [1.29, 1.82) is 0 Å². The van der Waals surface area contributed by atoms with Crippen LogP contribution in [0.15, 0.2) is 42.7 Å². The van der Waals surface area contributed by atoms with Gasteiger partial charge < -0.3 is 21.1 Å². The molecule has 4 rings (SSSR count). The van der Waals surface area contributed by atoms with Crippen molar-refractivity contribution in [3.8, 4) is 11.3 Å². The Kier molecular flexibility index (Phi) is 7.75. The van der Waals surface area contributed by atoms with Crippen LogP contribution in [0.2, 0.25) is 0 Å². The van der Waals surface area contributed by atoms with Gasteiger partial charge in [0, 0.05) is 42.4 Å². The minimum Gasteiger partial charge on any atom is -0.393 e. The predicted molar refractivity (Wildman–Crippen MR) is 134 cm³/mol. The van der Waals surface area contributed by atoms with Gasteiger partial charge in [0.15, 0.2) is 0 Å². The third-order valence-corrected chi connectivity index (χ3v) is 6.07. The van der Waals surface area contributed by atoms with Crippen molar-refractivity contribution >= 4 is 17.3 Å². The SMILES string of the molecule is CC(C)NC[C@H](C)Nc1nc(C(F)(F)F)ccc1-c1cc(Nc2cccc3c2C[C@H](O)CC3)ncn1. The van der Waals surface area contributed by atoms with Gasteiger partial charge in [0.1, 0.15) is 23.7 Å². The lowest BCUT2D eigenvalue weighted by atomic mass is 9.88. The third-order valence-electron chi connectivity index (χ3n) is 6.07. The summed E-state index contributed by atoms with van der Waals surface area (Å²) in [5.41, 5.74) is 2.97. The minimum atomic E-state index is -4.57. The molecule has 3 aromatic rings. The Morgan fingerprint density at radius 3 is 2.67 bits per heavy atom. The van der Waals surface area contributed by atoms with Crippen molar-refractivity contribution in [2.45, 2.75) is 64.4 Å². The van der Waals surface area contributed by atoms with E-state index in [9.17, 15) is 18.3 Å². The molecule has 36 heavy (non-hydrogen) atoms. The number of alkyl halides is 3. The number of fused-ring (bicyclic) bond motifs is 1. The van der Waals surface area contributed by atoms with Crippen LogP contribution in [0.1, 0.15) is 44.0 Å². The molecule has 192 valence electrons. The zero-order valence-electron chi connectivity index (χ0n) is 20.5. The summed E-state index contributed by atoms with van der Waals surface area (Å²) in [5, 5.41) is 19.8. The summed E-state index contributed by atoms with van der Waals surface area (Å²) < 4.78 is 40.2. The van der Waals surface area contributed by atoms with E-state index in [1.807, 2.05) is 32.9 Å². The lowest BCUT2D eigenvalue weighted by Crippen LogP contribution is -2.35. The van der Waals surface area contributed by atoms with Crippen LogP contribution in [-0.2, 0) is 19.0 Å². The maximum absolute atomic E-state index is 13.4. The molecule has 0 radical (unpaired) electrons. The average Bonchev–Trinajstić information content (AvgIpc) is 2.83. The van der Waals surface area contributed by atoms with E-state index >= 15 is 0 Å². The monoisotopic (exact) mass is 500 g/mol. The smallest absolute Gasteiger partial charge is 0.393 e. The second-order valence-corrected chi connectivity index (χ2v) is 9.45. The normalized spacial score (nSPS) is 16.5. The number of rotatable bonds is 8. The number of anilines is 3. The van der Waals surface area contributed by atoms with Crippen molar-refractivity contribution in [3.63, 3.8) is 0 Å². The largest absolute Gasteiger partial charge is 0.433 e. The molecule has 7 nitrogen and oxygen atoms in total. The van der Waals surface area contributed by atoms with Crippen LogP contribution in [0.3, 0.4) is 0 Å². The van der Waals surface area contributed by atoms with Crippen LogP contribution in [0, 0.1) is 0 Å². The molecule has 1 aromatic carbocycles. The van der Waals surface area contributed by atoms with Gasteiger partial charge in [-0.15, -0.1) is 0 Å². The summed E-state index contributed by atoms with van der Waals surface area (Å²) in [6.07, 6.45) is -1.50. The van der Waals surface area contributed by atoms with E-state index in [0.717, 1.165) is 30.2 Å². The van der Waals surface area contributed by atoms with Crippen LogP contribution in [0.25, 0.3) is 11.3 Å². The maximum Gasteiger partial charge on any atom is 0.433 e. The Labute approximate surface area is 208 Å². The number of aryl methyl sites for hydroxylation is 1. The molecular weight excluding hydrogens is 469 g/mol. The first-order chi connectivity index (χ1) is 17.1. The number of hydrogen-bond donors (Lipinski definition) is 4. The Morgan fingerprint density at radius 1 is 1.11 bits per heavy atom. The minimum absolute atomic E-state index is 0.104. The lowest BCUT2D eigenvalue weighted by Gasteiger charge is -2.23. The van der Waals surface area contributed by atoms with Crippen molar-refractivity contribution < 1.29 is 18.3 Å². The number of aromatic nitrogens is 3. The second-order valence-electron chi connectivity index (χ2n) is 9.45. The molecular formula is C26H31F3N6O. The van der Waals surface area contributed by atoms with Gasteiger partial charge in [-0.1, -0.05) is 26.0 Å². The van der Waals surface area contributed by atoms with E-state index in [2.05, 4.69) is 37.0 Å². The fourth-order valence-corrected chi connectivity index (χ4v) is 4.23. The highest BCUT2D eigenvalue weighted by molar-refractivity contribution is 5.75. The van der Waals surface area contributed by atoms with Crippen molar-refractivity contribution in [2.24, 2.45) is 0 Å². The van der Waals surface area contributed by atoms with E-state index in [1.165, 1.54) is 18.0 Å². The molecule has 0 fully saturated rings. The number of aliphatic hydroxyl groups excluding tert-OH is 1. The summed E-state index contributed by atoms with van der Waals surface area (Å²) in [6.45, 7) is 6.43. The number of halogens is 3. The summed E-state index contributed by atoms with van der Waals surface area (Å²) in [5.74, 6) is 0.599. The molecule has 2 aromatic heterocycles. The maximum atomic E-state index is 13.4. The Morgan fingerprint density at radius 2 is 1.92 bits per heavy atom. The van der Waals surface area contributed by atoms with Crippen LogP contribution >= 0.6 is 0 Å². The Balaban J connectivity index is 1.65. The van der Waals surface area contributed by atoms with Gasteiger partial charge in [0.2, 0.25) is 0 Å². The van der Waals surface area contributed by atoms with E-state index in [0.29, 0.717) is 30.0 Å². The van der Waals surface area contributed by atoms with E-state index < -0.39 is 11.9 Å². The average molecular weight is 501 g/mol. The predicted octanol–water partition coefficient (Wildman–Crippen LogP) is 4.95. The molecule has 0 bridgehead atoms. The molecule has 4 N–H and O–H groups in total. The topological polar surface area (TPSA) is 95.0 Å². The molecule has 1 aliphatic carbocycles. The molecule has 0 saturated carbocycles. The van der Waals surface area contributed by atoms with Gasteiger partial charge in [0.25, 0.3) is 0 Å². The van der Waals surface area contributed by atoms with E-state index in [-0.39, 0.29) is 24.0 Å². The first-order valence-corrected chi connectivity index (χ1v) is 12.1. The van der Waals surface area contributed by atoms with Crippen LogP contribution < -0.4 is 16.0 Å². The molecule has 10 heteroatoms. The van der Waals surface area contributed by atoms with Gasteiger partial charge in [-0.25, -0.2) is 15.0 Å². The molecule has 0 unspecified atom stereocenters. The fourth-order valence-electron chi connectivity index (χ4n) is 4.23. The third kappa shape index (κ3) is 6.30. The standard InChI is InChI=1S/C26H31F3N6O/c1-15(2)30-13-16(3)33-25-19(9-10-23(35-25)26(27,28)29)22-12-24(32-14-31-22)34-21-6-4-5-17-7-8-18(36)11-20(17)21/h4-6,9-10,12,14-16,18,30,36H,7-8,11,13H2,1-3H3,(H,33,35)(H,31,32,34)/t16-,18+/m0/s1. The zero-order chi connectivity index (χ0) is 25.9. The first kappa shape index (κ1) is 25.8. The molecule has 2 heterocycles. The van der Waals surface area contributed by atoms with Gasteiger partial charge in [0.05, 0.1) is 11.8 Å². The lowest BCUT2D eigenvalue weighted by molar-refractivity contribution is -0.141.